The Balaban J connectivity index is 1.68. The van der Waals surface area contributed by atoms with Crippen LogP contribution in [0.4, 0.5) is 4.39 Å². The van der Waals surface area contributed by atoms with Crippen molar-refractivity contribution in [1.82, 2.24) is 4.57 Å². The molecule has 12 heteroatoms. The molecule has 0 saturated carbocycles. The van der Waals surface area contributed by atoms with Crippen LogP contribution in [-0.2, 0) is 16.1 Å². The van der Waals surface area contributed by atoms with Crippen molar-refractivity contribution in [2.24, 2.45) is 4.99 Å². The zero-order valence-corrected chi connectivity index (χ0v) is 27.6. The van der Waals surface area contributed by atoms with Crippen LogP contribution in [0.25, 0.3) is 6.08 Å². The molecule has 5 rings (SSSR count). The van der Waals surface area contributed by atoms with Gasteiger partial charge < -0.3 is 23.7 Å². The van der Waals surface area contributed by atoms with Gasteiger partial charge in [0.15, 0.2) is 27.8 Å². The quantitative estimate of drug-likeness (QED) is 0.208. The molecule has 0 unspecified atom stereocenters. The van der Waals surface area contributed by atoms with E-state index in [1.54, 1.807) is 62.4 Å². The molecule has 0 N–H and O–H groups in total. The first-order valence-electron chi connectivity index (χ1n) is 13.9. The second-order valence-electron chi connectivity index (χ2n) is 9.82. The Kier molecular flexibility index (Phi) is 9.74. The Labute approximate surface area is 270 Å². The molecule has 3 aromatic carbocycles. The second kappa shape index (κ2) is 13.7. The number of benzene rings is 3. The highest BCUT2D eigenvalue weighted by atomic mass is 79.9. The molecule has 234 valence electrons. The maximum Gasteiger partial charge on any atom is 0.338 e. The molecule has 0 aliphatic carbocycles. The van der Waals surface area contributed by atoms with E-state index in [1.165, 1.54) is 49.4 Å². The summed E-state index contributed by atoms with van der Waals surface area (Å²) in [6, 6.07) is 13.9. The number of halogens is 2. The van der Waals surface area contributed by atoms with Gasteiger partial charge in [0.25, 0.3) is 5.56 Å². The molecule has 9 nitrogen and oxygen atoms in total. The highest BCUT2D eigenvalue weighted by Crippen LogP contribution is 2.41. The van der Waals surface area contributed by atoms with Gasteiger partial charge in [0, 0.05) is 10.0 Å². The fraction of sp³-hybridized carbons (Fsp3) is 0.242. The molecular weight excluding hydrogens is 667 g/mol. The number of hydrogen-bond acceptors (Lipinski definition) is 9. The topological polar surface area (TPSA) is 97.6 Å². The molecule has 1 aliphatic heterocycles. The van der Waals surface area contributed by atoms with E-state index in [0.717, 1.165) is 5.56 Å². The summed E-state index contributed by atoms with van der Waals surface area (Å²) in [5.41, 5.74) is 2.22. The molecule has 0 radical (unpaired) electrons. The van der Waals surface area contributed by atoms with Crippen LogP contribution in [0.1, 0.15) is 36.6 Å². The molecule has 2 heterocycles. The smallest absolute Gasteiger partial charge is 0.338 e. The Morgan fingerprint density at radius 1 is 1.04 bits per heavy atom. The number of carbonyl (C=O) groups is 1. The number of fused-ring (bicyclic) bond motifs is 1. The van der Waals surface area contributed by atoms with Crippen molar-refractivity contribution in [3.05, 3.63) is 113 Å². The summed E-state index contributed by atoms with van der Waals surface area (Å²) in [6.45, 7) is 3.73. The highest BCUT2D eigenvalue weighted by Gasteiger charge is 2.35. The zero-order chi connectivity index (χ0) is 32.2. The van der Waals surface area contributed by atoms with Crippen LogP contribution in [0.2, 0.25) is 0 Å². The number of methoxy groups -OCH3 is 3. The van der Waals surface area contributed by atoms with Crippen LogP contribution in [0.15, 0.2) is 80.1 Å². The number of para-hydroxylation sites is 1. The van der Waals surface area contributed by atoms with Crippen LogP contribution < -0.4 is 33.8 Å². The molecule has 0 bridgehead atoms. The first kappa shape index (κ1) is 32.0. The first-order valence-corrected chi connectivity index (χ1v) is 15.5. The maximum absolute atomic E-state index is 14.2. The number of esters is 1. The van der Waals surface area contributed by atoms with Crippen molar-refractivity contribution < 1.29 is 32.9 Å². The highest BCUT2D eigenvalue weighted by molar-refractivity contribution is 9.10. The summed E-state index contributed by atoms with van der Waals surface area (Å²) in [4.78, 5) is 32.6. The lowest BCUT2D eigenvalue weighted by Crippen LogP contribution is -2.40. The average molecular weight is 698 g/mol. The minimum absolute atomic E-state index is 0.149. The lowest BCUT2D eigenvalue weighted by Gasteiger charge is -2.26. The van der Waals surface area contributed by atoms with Crippen LogP contribution in [0.3, 0.4) is 0 Å². The maximum atomic E-state index is 14.2. The summed E-state index contributed by atoms with van der Waals surface area (Å²) >= 11 is 4.79. The molecule has 1 atom stereocenters. The van der Waals surface area contributed by atoms with Gasteiger partial charge in [-0.15, -0.1) is 0 Å². The number of carbonyl (C=O) groups excluding carboxylic acids is 1. The molecule has 0 saturated heterocycles. The SMILES string of the molecule is CCOC(=O)C1=C(C)N=c2s/c(=C\c3cccc(OC)c3OCc3ccc(F)cc3)c(=O)n2[C@@H]1c1cc(OC)c(OC)cc1Br. The number of nitrogens with zero attached hydrogens (tertiary/aromatic N) is 2. The van der Waals surface area contributed by atoms with Crippen molar-refractivity contribution in [2.75, 3.05) is 27.9 Å². The average Bonchev–Trinajstić information content (AvgIpc) is 3.34. The van der Waals surface area contributed by atoms with Gasteiger partial charge >= 0.3 is 5.97 Å². The Hall–Kier alpha value is -4.42. The minimum atomic E-state index is -0.879. The van der Waals surface area contributed by atoms with E-state index in [0.29, 0.717) is 53.6 Å². The number of allylic oxidation sites excluding steroid dienone is 1. The van der Waals surface area contributed by atoms with Crippen LogP contribution in [-0.4, -0.2) is 38.5 Å². The van der Waals surface area contributed by atoms with Gasteiger partial charge in [-0.1, -0.05) is 51.5 Å². The lowest BCUT2D eigenvalue weighted by atomic mass is 9.95. The van der Waals surface area contributed by atoms with Crippen LogP contribution >= 0.6 is 27.3 Å². The first-order chi connectivity index (χ1) is 21.7. The van der Waals surface area contributed by atoms with Crippen molar-refractivity contribution in [1.29, 1.82) is 0 Å². The van der Waals surface area contributed by atoms with Gasteiger partial charge in [0.05, 0.1) is 49.8 Å². The fourth-order valence-corrected chi connectivity index (χ4v) is 6.58. The molecule has 0 amide bonds. The lowest BCUT2D eigenvalue weighted by molar-refractivity contribution is -0.139. The molecule has 0 spiro atoms. The molecule has 0 fully saturated rings. The number of ether oxygens (including phenoxy) is 5. The standard InChI is InChI=1S/C33H30BrFN2O7S/c1-6-43-32(39)28-18(2)36-33-37(29(28)22-15-25(41-4)26(42-5)16-23(22)34)31(38)27(45-33)14-20-8-7-9-24(40-3)30(20)44-17-19-10-12-21(35)13-11-19/h7-16,29H,6,17H2,1-5H3/b27-14-/t29-/m1/s1. The van der Waals surface area contributed by atoms with Crippen LogP contribution in [0, 0.1) is 5.82 Å². The molecule has 1 aliphatic rings. The number of thiazole rings is 1. The van der Waals surface area contributed by atoms with E-state index in [9.17, 15) is 14.0 Å². The van der Waals surface area contributed by atoms with Crippen LogP contribution in [0.5, 0.6) is 23.0 Å². The predicted octanol–water partition coefficient (Wildman–Crippen LogP) is 5.30. The summed E-state index contributed by atoms with van der Waals surface area (Å²) in [5, 5.41) is 0. The van der Waals surface area contributed by atoms with Crippen molar-refractivity contribution in [3.63, 3.8) is 0 Å². The number of aromatic nitrogens is 1. The molecule has 45 heavy (non-hydrogen) atoms. The van der Waals surface area contributed by atoms with Gasteiger partial charge in [0.1, 0.15) is 12.4 Å². The van der Waals surface area contributed by atoms with E-state index in [2.05, 4.69) is 20.9 Å². The van der Waals surface area contributed by atoms with E-state index in [-0.39, 0.29) is 30.2 Å². The number of hydrogen-bond donors (Lipinski definition) is 0. The van der Waals surface area contributed by atoms with Gasteiger partial charge in [-0.3, -0.25) is 9.36 Å². The fourth-order valence-electron chi connectivity index (χ4n) is 5.00. The zero-order valence-electron chi connectivity index (χ0n) is 25.2. The normalized spacial score (nSPS) is 14.5. The summed E-state index contributed by atoms with van der Waals surface area (Å²) in [6.07, 6.45) is 1.70. The van der Waals surface area contributed by atoms with Crippen molar-refractivity contribution in [2.45, 2.75) is 26.5 Å². The van der Waals surface area contributed by atoms with Gasteiger partial charge in [-0.2, -0.15) is 0 Å². The van der Waals surface area contributed by atoms with Gasteiger partial charge in [-0.05, 0) is 61.4 Å². The van der Waals surface area contributed by atoms with Crippen molar-refractivity contribution >= 4 is 39.3 Å². The van der Waals surface area contributed by atoms with E-state index >= 15 is 0 Å². The second-order valence-corrected chi connectivity index (χ2v) is 11.7. The molecule has 4 aromatic rings. The number of rotatable bonds is 10. The third-order valence-corrected chi connectivity index (χ3v) is 8.80. The van der Waals surface area contributed by atoms with E-state index < -0.39 is 12.0 Å². The third kappa shape index (κ3) is 6.38. The Morgan fingerprint density at radius 2 is 1.73 bits per heavy atom. The Morgan fingerprint density at radius 3 is 2.40 bits per heavy atom. The monoisotopic (exact) mass is 696 g/mol. The van der Waals surface area contributed by atoms with E-state index in [1.807, 2.05) is 0 Å². The summed E-state index contributed by atoms with van der Waals surface area (Å²) in [7, 11) is 4.56. The Bertz CT molecular complexity index is 1970. The molecule has 1 aromatic heterocycles. The minimum Gasteiger partial charge on any atom is -0.493 e. The van der Waals surface area contributed by atoms with E-state index in [4.69, 9.17) is 23.7 Å². The largest absolute Gasteiger partial charge is 0.493 e. The predicted molar refractivity (Wildman–Crippen MR) is 171 cm³/mol. The van der Waals surface area contributed by atoms with Gasteiger partial charge in [-0.25, -0.2) is 14.2 Å². The molecular formula is C33H30BrFN2O7S. The summed E-state index contributed by atoms with van der Waals surface area (Å²) in [5.74, 6) is 0.861. The van der Waals surface area contributed by atoms with Gasteiger partial charge in [0.2, 0.25) is 0 Å². The summed E-state index contributed by atoms with van der Waals surface area (Å²) < 4.78 is 44.0. The van der Waals surface area contributed by atoms with Crippen molar-refractivity contribution in [3.8, 4) is 23.0 Å². The third-order valence-electron chi connectivity index (χ3n) is 7.13.